The van der Waals surface area contributed by atoms with Crippen LogP contribution in [-0.4, -0.2) is 21.6 Å². The van der Waals surface area contributed by atoms with Crippen molar-refractivity contribution in [1.82, 2.24) is 9.97 Å². The Morgan fingerprint density at radius 2 is 2.13 bits per heavy atom. The second kappa shape index (κ2) is 5.55. The maximum absolute atomic E-state index is 12.2. The molecule has 0 saturated heterocycles. The normalized spacial score (nSPS) is 11.7. The summed E-state index contributed by atoms with van der Waals surface area (Å²) in [5, 5.41) is 0.134. The summed E-state index contributed by atoms with van der Waals surface area (Å²) in [7, 11) is 0. The summed E-state index contributed by atoms with van der Waals surface area (Å²) in [6, 6.07) is 0.853. The Hall–Kier alpha value is -0.490. The number of hydrogen-bond acceptors (Lipinski definition) is 3. The molecule has 0 aromatic carbocycles. The number of nitrogens with zero attached hydrogens (tertiary/aromatic N) is 2. The Kier molecular flexibility index (Phi) is 4.66. The summed E-state index contributed by atoms with van der Waals surface area (Å²) in [6.45, 7) is 0. The van der Waals surface area contributed by atoms with Crippen molar-refractivity contribution in [3.63, 3.8) is 0 Å². The van der Waals surface area contributed by atoms with Gasteiger partial charge in [-0.3, -0.25) is 0 Å². The molecule has 0 aliphatic heterocycles. The predicted octanol–water partition coefficient (Wildman–Crippen LogP) is 3.22. The third-order valence-corrected chi connectivity index (χ3v) is 2.65. The van der Waals surface area contributed by atoms with Crippen LogP contribution in [0.15, 0.2) is 17.4 Å². The van der Waals surface area contributed by atoms with Crippen molar-refractivity contribution in [2.45, 2.75) is 17.8 Å². The van der Waals surface area contributed by atoms with Crippen molar-refractivity contribution >= 4 is 23.4 Å². The average Bonchev–Trinajstić information content (AvgIpc) is 2.17. The van der Waals surface area contributed by atoms with Crippen LogP contribution in [0.5, 0.6) is 0 Å². The molecule has 0 spiro atoms. The minimum absolute atomic E-state index is 0.134. The zero-order valence-electron chi connectivity index (χ0n) is 7.59. The van der Waals surface area contributed by atoms with Gasteiger partial charge in [-0.2, -0.15) is 13.2 Å². The van der Waals surface area contributed by atoms with Crippen LogP contribution in [0.3, 0.4) is 0 Å². The van der Waals surface area contributed by atoms with E-state index in [1.807, 2.05) is 0 Å². The maximum atomic E-state index is 12.2. The van der Waals surface area contributed by atoms with Crippen molar-refractivity contribution in [3.8, 4) is 0 Å². The molecule has 0 radical (unpaired) electrons. The summed E-state index contributed by atoms with van der Waals surface area (Å²) in [5.41, 5.74) is -0.911. The molecule has 0 atom stereocenters. The highest BCUT2D eigenvalue weighted by atomic mass is 35.5. The molecule has 2 nitrogen and oxygen atoms in total. The van der Waals surface area contributed by atoms with Crippen LogP contribution in [0.4, 0.5) is 13.2 Å². The highest BCUT2D eigenvalue weighted by Crippen LogP contribution is 2.28. The first-order valence-electron chi connectivity index (χ1n) is 4.13. The molecule has 0 unspecified atom stereocenters. The fourth-order valence-corrected chi connectivity index (χ4v) is 1.85. The van der Waals surface area contributed by atoms with Gasteiger partial charge < -0.3 is 0 Å². The summed E-state index contributed by atoms with van der Waals surface area (Å²) < 4.78 is 36.7. The van der Waals surface area contributed by atoms with E-state index in [-0.39, 0.29) is 5.16 Å². The Bertz CT molecular complexity index is 319. The SMILES string of the molecule is FC(F)(F)c1ccnc(SCCCCl)n1. The molecule has 0 fully saturated rings. The van der Waals surface area contributed by atoms with Crippen LogP contribution in [0.25, 0.3) is 0 Å². The van der Waals surface area contributed by atoms with E-state index in [1.165, 1.54) is 11.8 Å². The van der Waals surface area contributed by atoms with Crippen LogP contribution < -0.4 is 0 Å². The smallest absolute Gasteiger partial charge is 0.231 e. The molecule has 0 aliphatic carbocycles. The topological polar surface area (TPSA) is 25.8 Å². The van der Waals surface area contributed by atoms with Gasteiger partial charge in [0.05, 0.1) is 0 Å². The Labute approximate surface area is 94.3 Å². The molecule has 0 bridgehead atoms. The first-order valence-corrected chi connectivity index (χ1v) is 5.65. The number of aromatic nitrogens is 2. The number of alkyl halides is 4. The van der Waals surface area contributed by atoms with E-state index in [9.17, 15) is 13.2 Å². The van der Waals surface area contributed by atoms with Crippen molar-refractivity contribution in [3.05, 3.63) is 18.0 Å². The van der Waals surface area contributed by atoms with E-state index in [1.54, 1.807) is 0 Å². The first-order chi connectivity index (χ1) is 7.04. The molecule has 15 heavy (non-hydrogen) atoms. The molecule has 84 valence electrons. The second-order valence-electron chi connectivity index (χ2n) is 2.61. The van der Waals surface area contributed by atoms with Gasteiger partial charge in [0, 0.05) is 17.8 Å². The van der Waals surface area contributed by atoms with E-state index < -0.39 is 11.9 Å². The molecule has 0 amide bonds. The number of hydrogen-bond donors (Lipinski definition) is 0. The molecular formula is C8H8ClF3N2S. The highest BCUT2D eigenvalue weighted by Gasteiger charge is 2.32. The average molecular weight is 257 g/mol. The van der Waals surface area contributed by atoms with Crippen LogP contribution in [0.1, 0.15) is 12.1 Å². The lowest BCUT2D eigenvalue weighted by molar-refractivity contribution is -0.141. The molecule has 7 heteroatoms. The van der Waals surface area contributed by atoms with Crippen LogP contribution in [-0.2, 0) is 6.18 Å². The first kappa shape index (κ1) is 12.6. The van der Waals surface area contributed by atoms with Crippen molar-refractivity contribution in [2.75, 3.05) is 11.6 Å². The minimum Gasteiger partial charge on any atom is -0.231 e. The summed E-state index contributed by atoms with van der Waals surface area (Å²) >= 11 is 6.61. The van der Waals surface area contributed by atoms with E-state index in [0.29, 0.717) is 18.1 Å². The molecule has 1 heterocycles. The van der Waals surface area contributed by atoms with Gasteiger partial charge in [-0.15, -0.1) is 11.6 Å². The highest BCUT2D eigenvalue weighted by molar-refractivity contribution is 7.99. The molecule has 1 rings (SSSR count). The third kappa shape index (κ3) is 4.25. The molecule has 0 N–H and O–H groups in total. The predicted molar refractivity (Wildman–Crippen MR) is 53.1 cm³/mol. The van der Waals surface area contributed by atoms with Gasteiger partial charge in [0.25, 0.3) is 0 Å². The Morgan fingerprint density at radius 3 is 2.73 bits per heavy atom. The fourth-order valence-electron chi connectivity index (χ4n) is 0.786. The quantitative estimate of drug-likeness (QED) is 0.358. The van der Waals surface area contributed by atoms with Crippen LogP contribution in [0.2, 0.25) is 0 Å². The molecule has 0 aliphatic rings. The molecule has 1 aromatic heterocycles. The van der Waals surface area contributed by atoms with Crippen molar-refractivity contribution in [1.29, 1.82) is 0 Å². The molecular weight excluding hydrogens is 249 g/mol. The lowest BCUT2D eigenvalue weighted by Crippen LogP contribution is -2.08. The van der Waals surface area contributed by atoms with Gasteiger partial charge in [-0.1, -0.05) is 11.8 Å². The Balaban J connectivity index is 2.66. The van der Waals surface area contributed by atoms with Gasteiger partial charge in [-0.05, 0) is 12.5 Å². The van der Waals surface area contributed by atoms with E-state index in [4.69, 9.17) is 11.6 Å². The minimum atomic E-state index is -4.41. The molecule has 1 aromatic rings. The number of halogens is 4. The molecule has 0 saturated carbocycles. The fraction of sp³-hybridized carbons (Fsp3) is 0.500. The second-order valence-corrected chi connectivity index (χ2v) is 4.05. The van der Waals surface area contributed by atoms with Gasteiger partial charge in [0.15, 0.2) is 5.16 Å². The van der Waals surface area contributed by atoms with Gasteiger partial charge in [0.2, 0.25) is 0 Å². The van der Waals surface area contributed by atoms with Crippen molar-refractivity contribution in [2.24, 2.45) is 0 Å². The largest absolute Gasteiger partial charge is 0.433 e. The van der Waals surface area contributed by atoms with E-state index >= 15 is 0 Å². The standard InChI is InChI=1S/C8H8ClF3N2S/c9-3-1-5-15-7-13-4-2-6(14-7)8(10,11)12/h2,4H,1,3,5H2. The third-order valence-electron chi connectivity index (χ3n) is 1.43. The Morgan fingerprint density at radius 1 is 1.40 bits per heavy atom. The van der Waals surface area contributed by atoms with Gasteiger partial charge in [0.1, 0.15) is 5.69 Å². The number of rotatable bonds is 4. The van der Waals surface area contributed by atoms with Crippen LogP contribution in [0, 0.1) is 0 Å². The van der Waals surface area contributed by atoms with Crippen molar-refractivity contribution < 1.29 is 13.2 Å². The van der Waals surface area contributed by atoms with E-state index in [0.717, 1.165) is 12.3 Å². The number of thioether (sulfide) groups is 1. The van der Waals surface area contributed by atoms with E-state index in [2.05, 4.69) is 9.97 Å². The zero-order chi connectivity index (χ0) is 11.3. The lowest BCUT2D eigenvalue weighted by Gasteiger charge is -2.06. The summed E-state index contributed by atoms with van der Waals surface area (Å²) in [4.78, 5) is 7.13. The maximum Gasteiger partial charge on any atom is 0.433 e. The zero-order valence-corrected chi connectivity index (χ0v) is 9.16. The van der Waals surface area contributed by atoms with Gasteiger partial charge >= 0.3 is 6.18 Å². The summed E-state index contributed by atoms with van der Waals surface area (Å²) in [5.74, 6) is 1.09. The van der Waals surface area contributed by atoms with Crippen LogP contribution >= 0.6 is 23.4 Å². The van der Waals surface area contributed by atoms with Gasteiger partial charge in [-0.25, -0.2) is 9.97 Å². The summed E-state index contributed by atoms with van der Waals surface area (Å²) in [6.07, 6.45) is -2.59. The monoisotopic (exact) mass is 256 g/mol. The lowest BCUT2D eigenvalue weighted by atomic mass is 10.4.